The summed E-state index contributed by atoms with van der Waals surface area (Å²) in [6.45, 7) is 1.46. The number of imide groups is 1. The van der Waals surface area contributed by atoms with Gasteiger partial charge in [-0.2, -0.15) is 0 Å². The first-order valence-corrected chi connectivity index (χ1v) is 7.48. The summed E-state index contributed by atoms with van der Waals surface area (Å²) in [6.07, 6.45) is 1.15. The van der Waals surface area contributed by atoms with E-state index in [0.29, 0.717) is 26.1 Å². The zero-order chi connectivity index (χ0) is 15.9. The van der Waals surface area contributed by atoms with E-state index in [1.165, 1.54) is 12.0 Å². The Balaban J connectivity index is 1.56. The number of hydrogen-bond donors (Lipinski definition) is 1. The molecule has 8 nitrogen and oxygen atoms in total. The van der Waals surface area contributed by atoms with Crippen LogP contribution in [0.1, 0.15) is 19.3 Å². The third-order valence-corrected chi connectivity index (χ3v) is 4.74. The van der Waals surface area contributed by atoms with Gasteiger partial charge in [-0.1, -0.05) is 0 Å². The van der Waals surface area contributed by atoms with Crippen molar-refractivity contribution < 1.29 is 23.9 Å². The van der Waals surface area contributed by atoms with Gasteiger partial charge < -0.3 is 9.64 Å². The van der Waals surface area contributed by atoms with Gasteiger partial charge in [0.15, 0.2) is 0 Å². The topological polar surface area (TPSA) is 96.0 Å². The Labute approximate surface area is 127 Å². The van der Waals surface area contributed by atoms with Crippen LogP contribution in [-0.2, 0) is 19.1 Å². The second kappa shape index (κ2) is 5.58. The molecular weight excluding hydrogens is 290 g/mol. The first-order valence-electron chi connectivity index (χ1n) is 7.48. The number of carbonyl (C=O) groups excluding carboxylic acids is 4. The van der Waals surface area contributed by atoms with Crippen LogP contribution in [0.3, 0.4) is 0 Å². The number of hydrogen-bond acceptors (Lipinski definition) is 5. The van der Waals surface area contributed by atoms with E-state index in [-0.39, 0.29) is 36.0 Å². The number of methoxy groups -OCH3 is 1. The molecule has 8 heteroatoms. The van der Waals surface area contributed by atoms with Crippen molar-refractivity contribution in [1.82, 2.24) is 15.1 Å². The van der Waals surface area contributed by atoms with Gasteiger partial charge in [0.05, 0.1) is 13.0 Å². The van der Waals surface area contributed by atoms with E-state index in [0.717, 1.165) is 6.42 Å². The van der Waals surface area contributed by atoms with Gasteiger partial charge in [-0.05, 0) is 12.8 Å². The van der Waals surface area contributed by atoms with Crippen molar-refractivity contribution in [2.45, 2.75) is 25.3 Å². The van der Waals surface area contributed by atoms with Gasteiger partial charge in [0, 0.05) is 32.0 Å². The lowest BCUT2D eigenvalue weighted by atomic mass is 9.84. The van der Waals surface area contributed by atoms with Crippen LogP contribution < -0.4 is 5.32 Å². The van der Waals surface area contributed by atoms with Crippen molar-refractivity contribution >= 4 is 23.8 Å². The highest BCUT2D eigenvalue weighted by Crippen LogP contribution is 2.31. The minimum Gasteiger partial charge on any atom is -0.453 e. The van der Waals surface area contributed by atoms with Crippen LogP contribution in [-0.4, -0.2) is 66.4 Å². The predicted octanol–water partition coefficient (Wildman–Crippen LogP) is -0.662. The van der Waals surface area contributed by atoms with Crippen LogP contribution >= 0.6 is 0 Å². The van der Waals surface area contributed by atoms with E-state index in [1.807, 2.05) is 0 Å². The van der Waals surface area contributed by atoms with Crippen molar-refractivity contribution in [2.75, 3.05) is 26.7 Å². The average molecular weight is 309 g/mol. The molecule has 0 aliphatic carbocycles. The number of likely N-dealkylation sites (tertiary alicyclic amines) is 2. The molecule has 0 aromatic heterocycles. The zero-order valence-electron chi connectivity index (χ0n) is 12.4. The molecule has 1 N–H and O–H groups in total. The van der Waals surface area contributed by atoms with Gasteiger partial charge in [0.1, 0.15) is 6.04 Å². The second-order valence-electron chi connectivity index (χ2n) is 6.05. The molecule has 3 aliphatic rings. The predicted molar refractivity (Wildman–Crippen MR) is 73.5 cm³/mol. The number of ether oxygens (including phenoxy) is 1. The number of amides is 4. The molecule has 0 saturated carbocycles. The van der Waals surface area contributed by atoms with Gasteiger partial charge in [0.2, 0.25) is 17.7 Å². The van der Waals surface area contributed by atoms with Gasteiger partial charge in [-0.25, -0.2) is 4.79 Å². The molecule has 0 bridgehead atoms. The Hall–Kier alpha value is -2.12. The van der Waals surface area contributed by atoms with Crippen molar-refractivity contribution in [3.05, 3.63) is 0 Å². The van der Waals surface area contributed by atoms with Gasteiger partial charge in [0.25, 0.3) is 0 Å². The fourth-order valence-corrected chi connectivity index (χ4v) is 3.47. The minimum atomic E-state index is -0.478. The van der Waals surface area contributed by atoms with Gasteiger partial charge >= 0.3 is 6.09 Å². The van der Waals surface area contributed by atoms with Gasteiger partial charge in [-0.15, -0.1) is 0 Å². The smallest absolute Gasteiger partial charge is 0.410 e. The van der Waals surface area contributed by atoms with Crippen LogP contribution in [0.15, 0.2) is 0 Å². The van der Waals surface area contributed by atoms with Gasteiger partial charge in [-0.3, -0.25) is 24.6 Å². The fraction of sp³-hybridized carbons (Fsp3) is 0.714. The van der Waals surface area contributed by atoms with E-state index in [4.69, 9.17) is 4.74 Å². The molecule has 22 heavy (non-hydrogen) atoms. The summed E-state index contributed by atoms with van der Waals surface area (Å²) in [6, 6.07) is -0.465. The summed E-state index contributed by atoms with van der Waals surface area (Å²) in [5.41, 5.74) is 0. The summed E-state index contributed by atoms with van der Waals surface area (Å²) in [5.74, 6) is -0.865. The van der Waals surface area contributed by atoms with Crippen molar-refractivity contribution in [1.29, 1.82) is 0 Å². The number of rotatable bonds is 2. The molecule has 3 fully saturated rings. The first kappa shape index (κ1) is 14.8. The summed E-state index contributed by atoms with van der Waals surface area (Å²) in [5, 5.41) is 2.29. The third-order valence-electron chi connectivity index (χ3n) is 4.74. The largest absolute Gasteiger partial charge is 0.453 e. The maximum absolute atomic E-state index is 12.5. The highest BCUT2D eigenvalue weighted by molar-refractivity contribution is 6.03. The number of nitrogens with one attached hydrogen (secondary N) is 1. The van der Waals surface area contributed by atoms with E-state index in [9.17, 15) is 19.2 Å². The fourth-order valence-electron chi connectivity index (χ4n) is 3.47. The summed E-state index contributed by atoms with van der Waals surface area (Å²) in [7, 11) is 1.30. The lowest BCUT2D eigenvalue weighted by molar-refractivity contribution is -0.145. The molecule has 0 aromatic carbocycles. The second-order valence-corrected chi connectivity index (χ2v) is 6.05. The molecule has 3 heterocycles. The van der Waals surface area contributed by atoms with Crippen molar-refractivity contribution in [3.63, 3.8) is 0 Å². The summed E-state index contributed by atoms with van der Waals surface area (Å²) < 4.78 is 4.70. The molecule has 0 radical (unpaired) electrons. The Kier molecular flexibility index (Phi) is 3.76. The van der Waals surface area contributed by atoms with Crippen LogP contribution in [0.25, 0.3) is 0 Å². The van der Waals surface area contributed by atoms with E-state index < -0.39 is 12.1 Å². The quantitative estimate of drug-likeness (QED) is 0.683. The monoisotopic (exact) mass is 309 g/mol. The summed E-state index contributed by atoms with van der Waals surface area (Å²) >= 11 is 0. The lowest BCUT2D eigenvalue weighted by Crippen LogP contribution is -2.58. The third kappa shape index (κ3) is 2.42. The van der Waals surface area contributed by atoms with E-state index in [2.05, 4.69) is 5.32 Å². The molecule has 4 amide bonds. The van der Waals surface area contributed by atoms with Crippen LogP contribution in [0.5, 0.6) is 0 Å². The van der Waals surface area contributed by atoms with Crippen LogP contribution in [0.4, 0.5) is 4.79 Å². The highest BCUT2D eigenvalue weighted by Gasteiger charge is 2.46. The molecule has 3 rings (SSSR count). The molecular formula is C14H19N3O5. The Morgan fingerprint density at radius 1 is 1.27 bits per heavy atom. The van der Waals surface area contributed by atoms with Crippen molar-refractivity contribution in [2.24, 2.45) is 11.8 Å². The number of carbonyl (C=O) groups is 4. The number of nitrogens with zero attached hydrogens (tertiary/aromatic N) is 2. The van der Waals surface area contributed by atoms with Crippen LogP contribution in [0.2, 0.25) is 0 Å². The Morgan fingerprint density at radius 3 is 2.59 bits per heavy atom. The summed E-state index contributed by atoms with van der Waals surface area (Å²) in [4.78, 5) is 50.1. The lowest BCUT2D eigenvalue weighted by Gasteiger charge is -2.43. The van der Waals surface area contributed by atoms with E-state index in [1.54, 1.807) is 4.90 Å². The molecule has 3 saturated heterocycles. The minimum absolute atomic E-state index is 0.0309. The maximum atomic E-state index is 12.5. The molecule has 2 unspecified atom stereocenters. The Bertz CT molecular complexity index is 529. The van der Waals surface area contributed by atoms with Crippen molar-refractivity contribution in [3.8, 4) is 0 Å². The zero-order valence-corrected chi connectivity index (χ0v) is 12.4. The molecule has 2 atom stereocenters. The molecule has 0 spiro atoms. The average Bonchev–Trinajstić information content (AvgIpc) is 3.03. The first-order chi connectivity index (χ1) is 10.5. The normalized spacial score (nSPS) is 28.6. The van der Waals surface area contributed by atoms with E-state index >= 15 is 0 Å². The SMILES string of the molecule is COC(=O)N1CCCC1C(=O)N1CC(C2CC(=O)NC2=O)C1. The molecule has 3 aliphatic heterocycles. The molecule has 120 valence electrons. The molecule has 0 aromatic rings. The highest BCUT2D eigenvalue weighted by atomic mass is 16.5. The maximum Gasteiger partial charge on any atom is 0.410 e. The standard InChI is InChI=1S/C14H19N3O5/c1-22-14(21)17-4-2-3-10(17)13(20)16-6-8(7-16)9-5-11(18)15-12(9)19/h8-10H,2-7H2,1H3,(H,15,18,19). The van der Waals surface area contributed by atoms with Crippen LogP contribution in [0, 0.1) is 11.8 Å². The Morgan fingerprint density at radius 2 is 2.00 bits per heavy atom.